The summed E-state index contributed by atoms with van der Waals surface area (Å²) in [5, 5.41) is 12.6. The molecular formula is C12H16N2O3S. The number of amides is 1. The van der Waals surface area contributed by atoms with Gasteiger partial charge in [-0.25, -0.2) is 4.98 Å². The summed E-state index contributed by atoms with van der Waals surface area (Å²) < 4.78 is 0. The van der Waals surface area contributed by atoms with Gasteiger partial charge in [0.25, 0.3) is 0 Å². The number of thiazole rings is 1. The van der Waals surface area contributed by atoms with E-state index in [0.717, 1.165) is 9.88 Å². The lowest BCUT2D eigenvalue weighted by molar-refractivity contribution is -0.141. The molecule has 2 atom stereocenters. The molecular weight excluding hydrogens is 252 g/mol. The van der Waals surface area contributed by atoms with E-state index in [1.54, 1.807) is 17.5 Å². The molecule has 5 nitrogen and oxygen atoms in total. The maximum Gasteiger partial charge on any atom is 0.306 e. The van der Waals surface area contributed by atoms with Crippen LogP contribution in [0.3, 0.4) is 0 Å². The third-order valence-electron chi connectivity index (χ3n) is 3.24. The van der Waals surface area contributed by atoms with Crippen LogP contribution in [0.4, 0.5) is 0 Å². The topological polar surface area (TPSA) is 79.3 Å². The summed E-state index contributed by atoms with van der Waals surface area (Å²) in [6.45, 7) is 2.41. The van der Waals surface area contributed by atoms with Crippen LogP contribution in [0.25, 0.3) is 0 Å². The van der Waals surface area contributed by atoms with Crippen LogP contribution in [-0.4, -0.2) is 22.0 Å². The maximum absolute atomic E-state index is 11.9. The second-order valence-electron chi connectivity index (χ2n) is 4.63. The predicted molar refractivity (Wildman–Crippen MR) is 67.2 cm³/mol. The van der Waals surface area contributed by atoms with E-state index in [4.69, 9.17) is 5.11 Å². The lowest BCUT2D eigenvalue weighted by atomic mass is 10.0. The second kappa shape index (κ2) is 5.48. The quantitative estimate of drug-likeness (QED) is 0.868. The van der Waals surface area contributed by atoms with E-state index in [-0.39, 0.29) is 17.7 Å². The number of carboxylic acids is 1. The van der Waals surface area contributed by atoms with Crippen LogP contribution < -0.4 is 5.32 Å². The number of carboxylic acid groups (broad SMARTS) is 1. The SMILES string of the molecule is Cc1cnc(CNC(=O)C2CCC(C(=O)O)C2)s1. The van der Waals surface area contributed by atoms with Gasteiger partial charge in [0.1, 0.15) is 5.01 Å². The zero-order chi connectivity index (χ0) is 13.1. The highest BCUT2D eigenvalue weighted by atomic mass is 32.1. The Morgan fingerprint density at radius 1 is 1.50 bits per heavy atom. The lowest BCUT2D eigenvalue weighted by Gasteiger charge is -2.09. The van der Waals surface area contributed by atoms with E-state index in [2.05, 4.69) is 10.3 Å². The van der Waals surface area contributed by atoms with Crippen LogP contribution in [-0.2, 0) is 16.1 Å². The summed E-state index contributed by atoms with van der Waals surface area (Å²) in [5.74, 6) is -1.36. The van der Waals surface area contributed by atoms with Crippen molar-refractivity contribution in [3.05, 3.63) is 16.1 Å². The van der Waals surface area contributed by atoms with Gasteiger partial charge >= 0.3 is 5.97 Å². The van der Waals surface area contributed by atoms with Crippen molar-refractivity contribution in [2.75, 3.05) is 0 Å². The molecule has 0 saturated heterocycles. The molecule has 18 heavy (non-hydrogen) atoms. The number of aromatic nitrogens is 1. The summed E-state index contributed by atoms with van der Waals surface area (Å²) in [4.78, 5) is 28.0. The van der Waals surface area contributed by atoms with Gasteiger partial charge in [0.2, 0.25) is 5.91 Å². The Morgan fingerprint density at radius 2 is 2.22 bits per heavy atom. The maximum atomic E-state index is 11.9. The highest BCUT2D eigenvalue weighted by Gasteiger charge is 2.33. The van der Waals surface area contributed by atoms with E-state index in [1.165, 1.54) is 0 Å². The molecule has 1 aliphatic rings. The molecule has 0 spiro atoms. The Hall–Kier alpha value is -1.43. The van der Waals surface area contributed by atoms with Crippen LogP contribution in [0.2, 0.25) is 0 Å². The van der Waals surface area contributed by atoms with Crippen molar-refractivity contribution in [3.8, 4) is 0 Å². The van der Waals surface area contributed by atoms with Crippen molar-refractivity contribution >= 4 is 23.2 Å². The first kappa shape index (κ1) is 13.0. The Kier molecular flexibility index (Phi) is 3.96. The average molecular weight is 268 g/mol. The van der Waals surface area contributed by atoms with Crippen LogP contribution in [0.5, 0.6) is 0 Å². The number of hydrogen-bond acceptors (Lipinski definition) is 4. The summed E-state index contributed by atoms with van der Waals surface area (Å²) in [7, 11) is 0. The lowest BCUT2D eigenvalue weighted by Crippen LogP contribution is -2.29. The number of carbonyl (C=O) groups is 2. The van der Waals surface area contributed by atoms with Crippen molar-refractivity contribution < 1.29 is 14.7 Å². The van der Waals surface area contributed by atoms with Crippen molar-refractivity contribution in [2.24, 2.45) is 11.8 Å². The molecule has 1 amide bonds. The molecule has 98 valence electrons. The van der Waals surface area contributed by atoms with Gasteiger partial charge in [-0.3, -0.25) is 9.59 Å². The van der Waals surface area contributed by atoms with Crippen LogP contribution in [0, 0.1) is 18.8 Å². The van der Waals surface area contributed by atoms with Crippen molar-refractivity contribution in [3.63, 3.8) is 0 Å². The Labute approximate surface area is 109 Å². The summed E-state index contributed by atoms with van der Waals surface area (Å²) >= 11 is 1.56. The normalized spacial score (nSPS) is 22.9. The smallest absolute Gasteiger partial charge is 0.306 e. The van der Waals surface area contributed by atoms with E-state index in [9.17, 15) is 9.59 Å². The van der Waals surface area contributed by atoms with E-state index in [0.29, 0.717) is 25.8 Å². The van der Waals surface area contributed by atoms with Gasteiger partial charge in [0.15, 0.2) is 0 Å². The largest absolute Gasteiger partial charge is 0.481 e. The zero-order valence-electron chi connectivity index (χ0n) is 10.2. The number of aryl methyl sites for hydroxylation is 1. The summed E-state index contributed by atoms with van der Waals surface area (Å²) in [6, 6.07) is 0. The van der Waals surface area contributed by atoms with E-state index < -0.39 is 5.97 Å². The summed E-state index contributed by atoms with van der Waals surface area (Å²) in [6.07, 6.45) is 3.50. The molecule has 1 heterocycles. The van der Waals surface area contributed by atoms with Gasteiger partial charge in [-0.15, -0.1) is 11.3 Å². The van der Waals surface area contributed by atoms with Crippen molar-refractivity contribution in [2.45, 2.75) is 32.7 Å². The van der Waals surface area contributed by atoms with Crippen LogP contribution >= 0.6 is 11.3 Å². The minimum absolute atomic E-state index is 0.0494. The summed E-state index contributed by atoms with van der Waals surface area (Å²) in [5.41, 5.74) is 0. The number of nitrogens with zero attached hydrogens (tertiary/aromatic N) is 1. The zero-order valence-corrected chi connectivity index (χ0v) is 11.0. The number of aliphatic carboxylic acids is 1. The molecule has 1 aromatic rings. The molecule has 1 aliphatic carbocycles. The average Bonchev–Trinajstić information content (AvgIpc) is 2.94. The minimum Gasteiger partial charge on any atom is -0.481 e. The fourth-order valence-electron chi connectivity index (χ4n) is 2.23. The molecule has 0 aromatic carbocycles. The molecule has 0 radical (unpaired) electrons. The number of rotatable bonds is 4. The third kappa shape index (κ3) is 3.07. The van der Waals surface area contributed by atoms with Crippen LogP contribution in [0.15, 0.2) is 6.20 Å². The standard InChI is InChI=1S/C12H16N2O3S/c1-7-5-13-10(18-7)6-14-11(15)8-2-3-9(4-8)12(16)17/h5,8-9H,2-4,6H2,1H3,(H,14,15)(H,16,17). The fourth-order valence-corrected chi connectivity index (χ4v) is 2.96. The van der Waals surface area contributed by atoms with Gasteiger partial charge in [-0.05, 0) is 26.2 Å². The monoisotopic (exact) mass is 268 g/mol. The number of carbonyl (C=O) groups excluding carboxylic acids is 1. The Morgan fingerprint density at radius 3 is 2.78 bits per heavy atom. The Bertz CT molecular complexity index is 458. The fraction of sp³-hybridized carbons (Fsp3) is 0.583. The van der Waals surface area contributed by atoms with Gasteiger partial charge in [-0.2, -0.15) is 0 Å². The highest BCUT2D eigenvalue weighted by Crippen LogP contribution is 2.31. The minimum atomic E-state index is -0.791. The molecule has 1 fully saturated rings. The molecule has 2 unspecified atom stereocenters. The van der Waals surface area contributed by atoms with Gasteiger partial charge in [-0.1, -0.05) is 0 Å². The van der Waals surface area contributed by atoms with Crippen molar-refractivity contribution in [1.29, 1.82) is 0 Å². The number of nitrogens with one attached hydrogen (secondary N) is 1. The second-order valence-corrected chi connectivity index (χ2v) is 5.95. The molecule has 0 bridgehead atoms. The Balaban J connectivity index is 1.80. The first-order chi connectivity index (χ1) is 8.56. The van der Waals surface area contributed by atoms with Gasteiger partial charge < -0.3 is 10.4 Å². The van der Waals surface area contributed by atoms with Crippen LogP contribution in [0.1, 0.15) is 29.1 Å². The van der Waals surface area contributed by atoms with E-state index >= 15 is 0 Å². The molecule has 2 rings (SSSR count). The molecule has 1 aromatic heterocycles. The molecule has 1 saturated carbocycles. The highest BCUT2D eigenvalue weighted by molar-refractivity contribution is 7.11. The first-order valence-corrected chi connectivity index (χ1v) is 6.79. The molecule has 2 N–H and O–H groups in total. The molecule has 0 aliphatic heterocycles. The first-order valence-electron chi connectivity index (χ1n) is 5.98. The van der Waals surface area contributed by atoms with Gasteiger partial charge in [0, 0.05) is 17.0 Å². The predicted octanol–water partition coefficient (Wildman–Crippen LogP) is 1.57. The van der Waals surface area contributed by atoms with Gasteiger partial charge in [0.05, 0.1) is 12.5 Å². The van der Waals surface area contributed by atoms with Crippen molar-refractivity contribution in [1.82, 2.24) is 10.3 Å². The third-order valence-corrected chi connectivity index (χ3v) is 4.15. The molecule has 6 heteroatoms. The number of hydrogen-bond donors (Lipinski definition) is 2. The van der Waals surface area contributed by atoms with E-state index in [1.807, 2.05) is 6.92 Å².